The van der Waals surface area contributed by atoms with Crippen molar-refractivity contribution >= 4 is 11.6 Å². The van der Waals surface area contributed by atoms with E-state index in [0.29, 0.717) is 50.4 Å². The molecule has 0 N–H and O–H groups in total. The number of hydrogen-bond acceptors (Lipinski definition) is 8. The molecule has 2 unspecified atom stereocenters. The molecule has 0 amide bonds. The molecule has 0 bridgehead atoms. The SMILES string of the molecule is COc1ccc(CC(=O)CCc2ccc(C3CCCC(c4ccc(CCC(=O)Cc5ccc(OC)cc5)nn4)C3)nn2)cc1. The Kier molecular flexibility index (Phi) is 10.8. The van der Waals surface area contributed by atoms with Crippen LogP contribution in [-0.2, 0) is 35.3 Å². The molecule has 8 heteroatoms. The van der Waals surface area contributed by atoms with E-state index in [2.05, 4.69) is 32.5 Å². The highest BCUT2D eigenvalue weighted by Crippen LogP contribution is 2.39. The van der Waals surface area contributed by atoms with E-state index in [9.17, 15) is 9.59 Å². The number of rotatable bonds is 14. The van der Waals surface area contributed by atoms with Gasteiger partial charge in [0, 0.05) is 37.5 Å². The Bertz CT molecular complexity index is 1390. The van der Waals surface area contributed by atoms with Crippen molar-refractivity contribution in [3.63, 3.8) is 0 Å². The highest BCUT2D eigenvalue weighted by atomic mass is 16.5. The smallest absolute Gasteiger partial charge is 0.137 e. The van der Waals surface area contributed by atoms with Crippen LogP contribution in [0, 0.1) is 0 Å². The average molecular weight is 593 g/mol. The van der Waals surface area contributed by atoms with Gasteiger partial charge in [0.15, 0.2) is 0 Å². The van der Waals surface area contributed by atoms with Crippen LogP contribution in [0.5, 0.6) is 11.5 Å². The third-order valence-corrected chi connectivity index (χ3v) is 8.43. The lowest BCUT2D eigenvalue weighted by Gasteiger charge is -2.28. The van der Waals surface area contributed by atoms with Crippen molar-refractivity contribution in [3.8, 4) is 11.5 Å². The van der Waals surface area contributed by atoms with Crippen molar-refractivity contribution in [2.75, 3.05) is 14.2 Å². The number of aromatic nitrogens is 4. The van der Waals surface area contributed by atoms with Crippen LogP contribution in [0.25, 0.3) is 0 Å². The lowest BCUT2D eigenvalue weighted by atomic mass is 9.78. The first kappa shape index (κ1) is 31.0. The van der Waals surface area contributed by atoms with Crippen molar-refractivity contribution < 1.29 is 19.1 Å². The Hall–Kier alpha value is -4.46. The van der Waals surface area contributed by atoms with Crippen LogP contribution >= 0.6 is 0 Å². The molecule has 44 heavy (non-hydrogen) atoms. The van der Waals surface area contributed by atoms with Crippen molar-refractivity contribution in [2.45, 2.75) is 76.0 Å². The van der Waals surface area contributed by atoms with Gasteiger partial charge in [0.05, 0.1) is 37.0 Å². The van der Waals surface area contributed by atoms with Gasteiger partial charge in [-0.05, 0) is 91.8 Å². The van der Waals surface area contributed by atoms with Crippen LogP contribution in [0.2, 0.25) is 0 Å². The van der Waals surface area contributed by atoms with Gasteiger partial charge in [0.2, 0.25) is 0 Å². The quantitative estimate of drug-likeness (QED) is 0.170. The number of benzene rings is 2. The van der Waals surface area contributed by atoms with Gasteiger partial charge in [0.25, 0.3) is 0 Å². The molecule has 2 aromatic heterocycles. The van der Waals surface area contributed by atoms with E-state index in [1.165, 1.54) is 0 Å². The second-order valence-corrected chi connectivity index (χ2v) is 11.6. The molecule has 0 saturated heterocycles. The lowest BCUT2D eigenvalue weighted by Crippen LogP contribution is -2.16. The second kappa shape index (κ2) is 15.3. The van der Waals surface area contributed by atoms with Crippen LogP contribution in [0.3, 0.4) is 0 Å². The number of ketones is 2. The molecule has 2 aromatic carbocycles. The summed E-state index contributed by atoms with van der Waals surface area (Å²) in [7, 11) is 3.26. The highest BCUT2D eigenvalue weighted by Gasteiger charge is 2.27. The molecule has 1 aliphatic rings. The Labute approximate surface area is 259 Å². The largest absolute Gasteiger partial charge is 0.497 e. The molecule has 2 heterocycles. The number of nitrogens with zero attached hydrogens (tertiary/aromatic N) is 4. The molecule has 4 aromatic rings. The maximum atomic E-state index is 12.5. The van der Waals surface area contributed by atoms with Gasteiger partial charge in [-0.2, -0.15) is 20.4 Å². The van der Waals surface area contributed by atoms with E-state index in [-0.39, 0.29) is 11.6 Å². The van der Waals surface area contributed by atoms with Crippen molar-refractivity contribution in [1.29, 1.82) is 0 Å². The molecule has 0 aliphatic heterocycles. The summed E-state index contributed by atoms with van der Waals surface area (Å²) in [4.78, 5) is 25.0. The number of Topliss-reactive ketones (excluding diaryl/α,β-unsaturated/α-hetero) is 2. The van der Waals surface area contributed by atoms with Crippen LogP contribution < -0.4 is 9.47 Å². The van der Waals surface area contributed by atoms with E-state index < -0.39 is 0 Å². The summed E-state index contributed by atoms with van der Waals surface area (Å²) in [5.74, 6) is 2.59. The fourth-order valence-corrected chi connectivity index (χ4v) is 5.82. The van der Waals surface area contributed by atoms with Gasteiger partial charge >= 0.3 is 0 Å². The second-order valence-electron chi connectivity index (χ2n) is 11.6. The zero-order chi connectivity index (χ0) is 30.7. The molecule has 228 valence electrons. The summed E-state index contributed by atoms with van der Waals surface area (Å²) in [6.45, 7) is 0. The topological polar surface area (TPSA) is 104 Å². The summed E-state index contributed by atoms with van der Waals surface area (Å²) in [6, 6.07) is 23.4. The van der Waals surface area contributed by atoms with E-state index >= 15 is 0 Å². The third-order valence-electron chi connectivity index (χ3n) is 8.43. The van der Waals surface area contributed by atoms with E-state index in [1.807, 2.05) is 60.7 Å². The minimum Gasteiger partial charge on any atom is -0.497 e. The summed E-state index contributed by atoms with van der Waals surface area (Å²) in [6.07, 6.45) is 7.09. The molecular formula is C36H40N4O4. The highest BCUT2D eigenvalue weighted by molar-refractivity contribution is 5.81. The van der Waals surface area contributed by atoms with Gasteiger partial charge in [-0.25, -0.2) is 0 Å². The number of carbonyl (C=O) groups is 2. The number of methoxy groups -OCH3 is 2. The van der Waals surface area contributed by atoms with Crippen LogP contribution in [-0.4, -0.2) is 46.2 Å². The molecular weight excluding hydrogens is 552 g/mol. The van der Waals surface area contributed by atoms with Crippen LogP contribution in [0.15, 0.2) is 72.8 Å². The monoisotopic (exact) mass is 592 g/mol. The zero-order valence-electron chi connectivity index (χ0n) is 25.6. The first-order valence-corrected chi connectivity index (χ1v) is 15.4. The normalized spacial score (nSPS) is 16.3. The Balaban J connectivity index is 1.07. The van der Waals surface area contributed by atoms with Gasteiger partial charge in [-0.1, -0.05) is 30.7 Å². The fraction of sp³-hybridized carbons (Fsp3) is 0.389. The first-order chi connectivity index (χ1) is 21.5. The molecule has 0 radical (unpaired) electrons. The number of aryl methyl sites for hydroxylation is 2. The standard InChI is InChI=1S/C36H40N4O4/c1-43-33-16-6-25(7-17-33)22-31(41)14-10-29-12-20-35(39-37-29)27-4-3-5-28(24-27)36-21-13-30(38-40-36)11-15-32(42)23-26-8-18-34(44-2)19-9-26/h6-9,12-13,16-21,27-28H,3-5,10-11,14-15,22-24H2,1-2H3. The minimum atomic E-state index is 0.184. The minimum absolute atomic E-state index is 0.184. The Morgan fingerprint density at radius 3 is 1.41 bits per heavy atom. The maximum Gasteiger partial charge on any atom is 0.137 e. The van der Waals surface area contributed by atoms with Crippen LogP contribution in [0.1, 0.15) is 84.3 Å². The van der Waals surface area contributed by atoms with E-state index in [0.717, 1.165) is 71.1 Å². The zero-order valence-corrected chi connectivity index (χ0v) is 25.6. The molecule has 1 saturated carbocycles. The molecule has 8 nitrogen and oxygen atoms in total. The Morgan fingerprint density at radius 1 is 0.614 bits per heavy atom. The predicted octanol–water partition coefficient (Wildman–Crippen LogP) is 6.21. The maximum absolute atomic E-state index is 12.5. The summed E-state index contributed by atoms with van der Waals surface area (Å²) >= 11 is 0. The summed E-state index contributed by atoms with van der Waals surface area (Å²) in [5.41, 5.74) is 5.66. The fourth-order valence-electron chi connectivity index (χ4n) is 5.82. The molecule has 2 atom stereocenters. The molecule has 0 spiro atoms. The average Bonchev–Trinajstić information content (AvgIpc) is 3.07. The number of hydrogen-bond donors (Lipinski definition) is 0. The first-order valence-electron chi connectivity index (χ1n) is 15.4. The molecule has 1 fully saturated rings. The Morgan fingerprint density at radius 2 is 1.05 bits per heavy atom. The van der Waals surface area contributed by atoms with E-state index in [1.54, 1.807) is 14.2 Å². The molecule has 1 aliphatic carbocycles. The lowest BCUT2D eigenvalue weighted by molar-refractivity contribution is -0.119. The van der Waals surface area contributed by atoms with Crippen molar-refractivity contribution in [1.82, 2.24) is 20.4 Å². The molecule has 5 rings (SSSR count). The summed E-state index contributed by atoms with van der Waals surface area (Å²) < 4.78 is 10.4. The van der Waals surface area contributed by atoms with Gasteiger partial charge in [-0.3, -0.25) is 9.59 Å². The number of ether oxygens (including phenoxy) is 2. The van der Waals surface area contributed by atoms with Crippen molar-refractivity contribution in [3.05, 3.63) is 107 Å². The van der Waals surface area contributed by atoms with E-state index in [4.69, 9.17) is 9.47 Å². The number of carbonyl (C=O) groups excluding carboxylic acids is 2. The third kappa shape index (κ3) is 8.78. The van der Waals surface area contributed by atoms with Gasteiger partial charge in [0.1, 0.15) is 23.1 Å². The predicted molar refractivity (Wildman–Crippen MR) is 168 cm³/mol. The summed E-state index contributed by atoms with van der Waals surface area (Å²) in [5, 5.41) is 18.0. The van der Waals surface area contributed by atoms with Gasteiger partial charge < -0.3 is 9.47 Å². The van der Waals surface area contributed by atoms with Crippen molar-refractivity contribution in [2.24, 2.45) is 0 Å². The van der Waals surface area contributed by atoms with Gasteiger partial charge in [-0.15, -0.1) is 0 Å². The van der Waals surface area contributed by atoms with Crippen LogP contribution in [0.4, 0.5) is 0 Å².